The first-order valence-corrected chi connectivity index (χ1v) is 10.5. The lowest BCUT2D eigenvalue weighted by atomic mass is 9.97. The van der Waals surface area contributed by atoms with Crippen molar-refractivity contribution in [2.75, 3.05) is 12.4 Å². The lowest BCUT2D eigenvalue weighted by Gasteiger charge is -2.17. The quantitative estimate of drug-likeness (QED) is 0.489. The van der Waals surface area contributed by atoms with Crippen LogP contribution in [0.5, 0.6) is 0 Å². The van der Waals surface area contributed by atoms with Crippen LogP contribution >= 0.6 is 0 Å². The van der Waals surface area contributed by atoms with Gasteiger partial charge in [0.25, 0.3) is 10.1 Å². The Morgan fingerprint density at radius 2 is 1.71 bits per heavy atom. The summed E-state index contributed by atoms with van der Waals surface area (Å²) in [6, 6.07) is 15.8. The van der Waals surface area contributed by atoms with Gasteiger partial charge in [0, 0.05) is 0 Å². The van der Waals surface area contributed by atoms with Gasteiger partial charge in [0.05, 0.1) is 18.8 Å². The minimum absolute atomic E-state index is 0.00679. The van der Waals surface area contributed by atoms with E-state index in [1.54, 1.807) is 6.92 Å². The van der Waals surface area contributed by atoms with Crippen molar-refractivity contribution >= 4 is 22.0 Å². The van der Waals surface area contributed by atoms with E-state index in [-0.39, 0.29) is 19.4 Å². The summed E-state index contributed by atoms with van der Waals surface area (Å²) in [5, 5.41) is 2.51. The zero-order valence-corrected chi connectivity index (χ0v) is 16.3. The highest BCUT2D eigenvalue weighted by Crippen LogP contribution is 2.23. The van der Waals surface area contributed by atoms with Crippen LogP contribution in [0.25, 0.3) is 11.1 Å². The lowest BCUT2D eigenvalue weighted by molar-refractivity contribution is -0.147. The second-order valence-corrected chi connectivity index (χ2v) is 7.72. The number of rotatable bonds is 9. The molecular weight excluding hydrogens is 382 g/mol. The van der Waals surface area contributed by atoms with E-state index in [1.807, 2.05) is 54.6 Å². The fraction of sp³-hybridized carbons (Fsp3) is 0.300. The van der Waals surface area contributed by atoms with Crippen molar-refractivity contribution in [3.63, 3.8) is 0 Å². The third kappa shape index (κ3) is 6.79. The molecule has 0 aliphatic heterocycles. The Hall–Kier alpha value is -2.71. The molecule has 0 saturated heterocycles. The Morgan fingerprint density at radius 1 is 1.07 bits per heavy atom. The number of esters is 1. The molecule has 0 aromatic heterocycles. The summed E-state index contributed by atoms with van der Waals surface area (Å²) >= 11 is 0. The summed E-state index contributed by atoms with van der Waals surface area (Å²) in [5.41, 5.74) is 2.62. The van der Waals surface area contributed by atoms with Gasteiger partial charge in [-0.15, -0.1) is 0 Å². The Kier molecular flexibility index (Phi) is 7.71. The van der Waals surface area contributed by atoms with Gasteiger partial charge in [0.1, 0.15) is 6.04 Å². The van der Waals surface area contributed by atoms with E-state index in [9.17, 15) is 18.0 Å². The van der Waals surface area contributed by atoms with Crippen molar-refractivity contribution in [3.05, 3.63) is 60.2 Å². The number of hydrogen-bond donors (Lipinski definition) is 2. The lowest BCUT2D eigenvalue weighted by Crippen LogP contribution is -2.43. The Balaban J connectivity index is 2.13. The van der Waals surface area contributed by atoms with E-state index >= 15 is 0 Å². The van der Waals surface area contributed by atoms with Gasteiger partial charge in [0.15, 0.2) is 0 Å². The van der Waals surface area contributed by atoms with Crippen molar-refractivity contribution < 1.29 is 27.3 Å². The van der Waals surface area contributed by atoms with Crippen LogP contribution in [0.1, 0.15) is 18.9 Å². The molecule has 0 aliphatic carbocycles. The maximum Gasteiger partial charge on any atom is 0.328 e. The number of carbonyl (C=O) groups excluding carboxylic acids is 2. The van der Waals surface area contributed by atoms with Crippen molar-refractivity contribution in [3.8, 4) is 11.1 Å². The Morgan fingerprint density at radius 3 is 2.36 bits per heavy atom. The van der Waals surface area contributed by atoms with E-state index in [4.69, 9.17) is 9.29 Å². The Bertz CT molecular complexity index is 911. The molecule has 0 radical (unpaired) electrons. The fourth-order valence-electron chi connectivity index (χ4n) is 2.75. The molecule has 0 spiro atoms. The van der Waals surface area contributed by atoms with Crippen LogP contribution in [0.15, 0.2) is 54.6 Å². The van der Waals surface area contributed by atoms with Crippen LogP contribution in [0.3, 0.4) is 0 Å². The Labute approximate surface area is 164 Å². The van der Waals surface area contributed by atoms with Gasteiger partial charge in [-0.05, 0) is 30.0 Å². The molecule has 1 atom stereocenters. The molecule has 8 heteroatoms. The third-order valence-electron chi connectivity index (χ3n) is 4.02. The van der Waals surface area contributed by atoms with Crippen LogP contribution in [-0.2, 0) is 30.9 Å². The third-order valence-corrected chi connectivity index (χ3v) is 4.78. The number of hydrogen-bond acceptors (Lipinski definition) is 5. The predicted octanol–water partition coefficient (Wildman–Crippen LogP) is 2.22. The van der Waals surface area contributed by atoms with E-state index in [1.165, 1.54) is 0 Å². The SMILES string of the molecule is CCOC(=O)[C@H](CCS(=O)(=O)O)NC(=O)Cc1ccccc1-c1ccccc1. The summed E-state index contributed by atoms with van der Waals surface area (Å²) < 4.78 is 35.8. The van der Waals surface area contributed by atoms with Gasteiger partial charge in [-0.25, -0.2) is 4.79 Å². The number of ether oxygens (including phenoxy) is 1. The highest BCUT2D eigenvalue weighted by molar-refractivity contribution is 7.85. The first-order chi connectivity index (χ1) is 13.3. The maximum atomic E-state index is 12.5. The molecule has 0 heterocycles. The second kappa shape index (κ2) is 10.0. The topological polar surface area (TPSA) is 110 Å². The largest absolute Gasteiger partial charge is 0.464 e. The standard InChI is InChI=1S/C20H23NO6S/c1-2-27-20(23)18(12-13-28(24,25)26)21-19(22)14-16-10-6-7-11-17(16)15-8-4-3-5-9-15/h3-11,18H,2,12-14H2,1H3,(H,21,22)(H,24,25,26)/t18-/m0/s1. The normalized spacial score (nSPS) is 12.2. The van der Waals surface area contributed by atoms with Gasteiger partial charge in [-0.1, -0.05) is 54.6 Å². The first-order valence-electron chi connectivity index (χ1n) is 8.84. The molecule has 0 unspecified atom stereocenters. The van der Waals surface area contributed by atoms with Crippen molar-refractivity contribution in [2.24, 2.45) is 0 Å². The summed E-state index contributed by atoms with van der Waals surface area (Å²) in [6.45, 7) is 1.70. The van der Waals surface area contributed by atoms with Crippen LogP contribution in [0, 0.1) is 0 Å². The van der Waals surface area contributed by atoms with E-state index in [0.29, 0.717) is 0 Å². The molecule has 0 fully saturated rings. The summed E-state index contributed by atoms with van der Waals surface area (Å²) in [4.78, 5) is 24.5. The van der Waals surface area contributed by atoms with Gasteiger partial charge in [-0.2, -0.15) is 8.42 Å². The number of carbonyl (C=O) groups is 2. The predicted molar refractivity (Wildman–Crippen MR) is 105 cm³/mol. The summed E-state index contributed by atoms with van der Waals surface area (Å²) in [6.07, 6.45) is -0.267. The number of benzene rings is 2. The molecule has 2 aromatic rings. The minimum Gasteiger partial charge on any atom is -0.464 e. The first kappa shape index (κ1) is 21.6. The van der Waals surface area contributed by atoms with Gasteiger partial charge in [-0.3, -0.25) is 9.35 Å². The summed E-state index contributed by atoms with van der Waals surface area (Å²) in [5.74, 6) is -1.84. The van der Waals surface area contributed by atoms with Gasteiger partial charge < -0.3 is 10.1 Å². The van der Waals surface area contributed by atoms with E-state index < -0.39 is 33.8 Å². The van der Waals surface area contributed by atoms with Crippen molar-refractivity contribution in [1.29, 1.82) is 0 Å². The molecule has 150 valence electrons. The zero-order valence-electron chi connectivity index (χ0n) is 15.5. The van der Waals surface area contributed by atoms with E-state index in [0.717, 1.165) is 16.7 Å². The molecule has 0 bridgehead atoms. The van der Waals surface area contributed by atoms with Crippen LogP contribution < -0.4 is 5.32 Å². The average Bonchev–Trinajstić information content (AvgIpc) is 2.65. The summed E-state index contributed by atoms with van der Waals surface area (Å²) in [7, 11) is -4.26. The van der Waals surface area contributed by atoms with Crippen LogP contribution in [0.2, 0.25) is 0 Å². The minimum atomic E-state index is -4.26. The highest BCUT2D eigenvalue weighted by atomic mass is 32.2. The van der Waals surface area contributed by atoms with Crippen LogP contribution in [-0.4, -0.2) is 43.2 Å². The second-order valence-electron chi connectivity index (χ2n) is 6.15. The fourth-order valence-corrected chi connectivity index (χ4v) is 3.28. The highest BCUT2D eigenvalue weighted by Gasteiger charge is 2.24. The molecule has 7 nitrogen and oxygen atoms in total. The number of nitrogens with one attached hydrogen (secondary N) is 1. The smallest absolute Gasteiger partial charge is 0.328 e. The van der Waals surface area contributed by atoms with Crippen molar-refractivity contribution in [1.82, 2.24) is 5.32 Å². The number of amides is 1. The van der Waals surface area contributed by atoms with Crippen LogP contribution in [0.4, 0.5) is 0 Å². The average molecular weight is 405 g/mol. The molecule has 28 heavy (non-hydrogen) atoms. The van der Waals surface area contributed by atoms with Gasteiger partial charge >= 0.3 is 5.97 Å². The molecule has 0 aliphatic rings. The van der Waals surface area contributed by atoms with E-state index in [2.05, 4.69) is 5.32 Å². The monoisotopic (exact) mass is 405 g/mol. The zero-order chi connectivity index (χ0) is 20.6. The maximum absolute atomic E-state index is 12.5. The molecular formula is C20H23NO6S. The molecule has 0 saturated carbocycles. The molecule has 1 amide bonds. The molecule has 2 rings (SSSR count). The molecule has 2 N–H and O–H groups in total. The van der Waals surface area contributed by atoms with Crippen molar-refractivity contribution in [2.45, 2.75) is 25.8 Å². The van der Waals surface area contributed by atoms with Gasteiger partial charge in [0.2, 0.25) is 5.91 Å². The molecule has 2 aromatic carbocycles.